The van der Waals surface area contributed by atoms with Gasteiger partial charge in [0.15, 0.2) is 0 Å². The number of nitrogens with one attached hydrogen (secondary N) is 4. The highest BCUT2D eigenvalue weighted by atomic mass is 32.2. The molecule has 2 fully saturated rings. The standard InChI is InChI=1S/C40H55N9O9S2/c1-24(2)49-29-17-13-15-27(33(50)42-22-31-41-18-19-59-31)32(29)44-37(49)57-26-20-30-34(51)45-40(36(53)46-60(55,56)47(6)7)21-25(40)14-11-9-8-10-12-16-28(35(52)48(30)23-26)43-38(54)58-39(3,4)5/h11,13-15,17-19,24-26,28,30H,8-10,12,16,20-23H2,1-7H3,(H,42,50)(H,43,54)(H,45,51)(H,46,53)/b14-11-/t25-,26-,28+,30+,40-/m1/s1. The number of para-hydroxylation sites is 1. The van der Waals surface area contributed by atoms with E-state index in [1.165, 1.54) is 30.3 Å². The van der Waals surface area contributed by atoms with Gasteiger partial charge in [0.2, 0.25) is 11.8 Å². The summed E-state index contributed by atoms with van der Waals surface area (Å²) in [6.45, 7) is 9.16. The largest absolute Gasteiger partial charge is 0.459 e. The highest BCUT2D eigenvalue weighted by Crippen LogP contribution is 2.46. The first-order valence-electron chi connectivity index (χ1n) is 20.2. The highest BCUT2D eigenvalue weighted by Gasteiger charge is 2.62. The number of hydrogen-bond donors (Lipinski definition) is 4. The number of fused-ring (bicyclic) bond motifs is 3. The van der Waals surface area contributed by atoms with E-state index in [1.54, 1.807) is 39.1 Å². The van der Waals surface area contributed by atoms with Crippen LogP contribution in [0.5, 0.6) is 6.01 Å². The van der Waals surface area contributed by atoms with Crippen LogP contribution in [0, 0.1) is 5.92 Å². The molecule has 18 nitrogen and oxygen atoms in total. The smallest absolute Gasteiger partial charge is 0.408 e. The third-order valence-corrected chi connectivity index (χ3v) is 12.8. The van der Waals surface area contributed by atoms with Gasteiger partial charge in [0.1, 0.15) is 39.9 Å². The van der Waals surface area contributed by atoms with Crippen LogP contribution in [-0.2, 0) is 35.9 Å². The zero-order valence-electron chi connectivity index (χ0n) is 35.0. The lowest BCUT2D eigenvalue weighted by Crippen LogP contribution is -2.58. The van der Waals surface area contributed by atoms with Crippen LogP contribution in [0.15, 0.2) is 41.9 Å². The lowest BCUT2D eigenvalue weighted by Gasteiger charge is -2.30. The van der Waals surface area contributed by atoms with Gasteiger partial charge in [-0.05, 0) is 72.4 Å². The predicted molar refractivity (Wildman–Crippen MR) is 223 cm³/mol. The molecule has 3 aromatic rings. The molecule has 4 N–H and O–H groups in total. The van der Waals surface area contributed by atoms with Crippen molar-refractivity contribution >= 4 is 62.3 Å². The van der Waals surface area contributed by atoms with Gasteiger partial charge in [-0.15, -0.1) is 11.3 Å². The van der Waals surface area contributed by atoms with Crippen molar-refractivity contribution in [3.8, 4) is 6.01 Å². The number of rotatable bonds is 10. The van der Waals surface area contributed by atoms with Crippen molar-refractivity contribution in [3.63, 3.8) is 0 Å². The Bertz CT molecular complexity index is 2230. The van der Waals surface area contributed by atoms with E-state index < -0.39 is 69.3 Å². The summed E-state index contributed by atoms with van der Waals surface area (Å²) in [5.74, 6) is -2.98. The van der Waals surface area contributed by atoms with Crippen LogP contribution in [0.3, 0.4) is 0 Å². The van der Waals surface area contributed by atoms with Gasteiger partial charge in [-0.3, -0.25) is 23.7 Å². The van der Waals surface area contributed by atoms with E-state index in [9.17, 15) is 32.4 Å². The van der Waals surface area contributed by atoms with Crippen molar-refractivity contribution in [2.75, 3.05) is 20.6 Å². The van der Waals surface area contributed by atoms with E-state index in [0.717, 1.165) is 22.2 Å². The Morgan fingerprint density at radius 1 is 1.13 bits per heavy atom. The molecule has 0 radical (unpaired) electrons. The fraction of sp³-hybridized carbons (Fsp3) is 0.575. The maximum Gasteiger partial charge on any atom is 0.408 e. The van der Waals surface area contributed by atoms with Gasteiger partial charge in [-0.1, -0.05) is 31.1 Å². The minimum atomic E-state index is -4.20. The minimum Gasteiger partial charge on any atom is -0.459 e. The quantitative estimate of drug-likeness (QED) is 0.216. The number of thiazole rings is 1. The molecule has 1 aliphatic carbocycles. The van der Waals surface area contributed by atoms with Gasteiger partial charge in [0.25, 0.3) is 17.8 Å². The Labute approximate surface area is 354 Å². The second-order valence-electron chi connectivity index (χ2n) is 16.9. The first-order valence-corrected chi connectivity index (χ1v) is 22.5. The Kier molecular flexibility index (Phi) is 13.2. The van der Waals surface area contributed by atoms with E-state index in [2.05, 4.69) is 25.7 Å². The first kappa shape index (κ1) is 44.5. The van der Waals surface area contributed by atoms with E-state index >= 15 is 0 Å². The summed E-state index contributed by atoms with van der Waals surface area (Å²) in [5, 5.41) is 11.0. The Morgan fingerprint density at radius 3 is 2.58 bits per heavy atom. The molecule has 5 atom stereocenters. The fourth-order valence-corrected chi connectivity index (χ4v) is 8.67. The van der Waals surface area contributed by atoms with E-state index in [-0.39, 0.29) is 50.3 Å². The average molecular weight is 870 g/mol. The summed E-state index contributed by atoms with van der Waals surface area (Å²) in [7, 11) is -1.64. The molecule has 20 heteroatoms. The average Bonchev–Trinajstić information content (AvgIpc) is 3.55. The van der Waals surface area contributed by atoms with Crippen LogP contribution < -0.4 is 25.4 Å². The van der Waals surface area contributed by atoms with Gasteiger partial charge < -0.3 is 30.3 Å². The molecule has 4 heterocycles. The molecule has 1 saturated carbocycles. The number of hydrogen-bond acceptors (Lipinski definition) is 12. The van der Waals surface area contributed by atoms with Crippen LogP contribution in [0.1, 0.15) is 101 Å². The minimum absolute atomic E-state index is 0.0343. The third kappa shape index (κ3) is 10.1. The molecule has 0 unspecified atom stereocenters. The lowest BCUT2D eigenvalue weighted by atomic mass is 10.0. The molecule has 2 aliphatic heterocycles. The summed E-state index contributed by atoms with van der Waals surface area (Å²) < 4.78 is 42.4. The molecule has 5 amide bonds. The van der Waals surface area contributed by atoms with Crippen LogP contribution in [-0.4, -0.2) is 112 Å². The van der Waals surface area contributed by atoms with Crippen molar-refractivity contribution in [1.29, 1.82) is 0 Å². The number of carbonyl (C=O) groups is 5. The molecule has 6 rings (SSSR count). The lowest BCUT2D eigenvalue weighted by molar-refractivity contribution is -0.141. The van der Waals surface area contributed by atoms with Crippen molar-refractivity contribution in [3.05, 3.63) is 52.5 Å². The topological polar surface area (TPSA) is 223 Å². The number of imidazole rings is 1. The second kappa shape index (κ2) is 17.9. The Morgan fingerprint density at radius 2 is 1.90 bits per heavy atom. The monoisotopic (exact) mass is 869 g/mol. The van der Waals surface area contributed by atoms with E-state index in [0.29, 0.717) is 29.4 Å². The SMILES string of the molecule is CC(C)n1c(O[C@@H]2C[C@H]3C(=O)N[C@]4(C(=O)NS(=O)(=O)N(C)C)C[C@H]4/C=C\CCCCC[C@H](NC(=O)OC(C)(C)C)C(=O)N3C2)nc2c(C(=O)NCc3nccs3)cccc21. The molecule has 2 aromatic heterocycles. The van der Waals surface area contributed by atoms with Crippen molar-refractivity contribution in [2.24, 2.45) is 5.92 Å². The normalized spacial score (nSPS) is 24.4. The number of ether oxygens (including phenoxy) is 2. The molecule has 3 aliphatic rings. The summed E-state index contributed by atoms with van der Waals surface area (Å²) >= 11 is 1.42. The van der Waals surface area contributed by atoms with Crippen LogP contribution in [0.25, 0.3) is 11.0 Å². The number of carbonyl (C=O) groups excluding carboxylic acids is 5. The van der Waals surface area contributed by atoms with Crippen LogP contribution >= 0.6 is 11.3 Å². The van der Waals surface area contributed by atoms with Gasteiger partial charge in [-0.25, -0.2) is 14.5 Å². The Hall–Kier alpha value is -5.08. The van der Waals surface area contributed by atoms with E-state index in [1.807, 2.05) is 42.0 Å². The van der Waals surface area contributed by atoms with Crippen molar-refractivity contribution in [1.82, 2.24) is 44.4 Å². The molecule has 326 valence electrons. The number of alkyl carbamates (subject to hydrolysis) is 1. The predicted octanol–water partition coefficient (Wildman–Crippen LogP) is 3.56. The molecule has 0 spiro atoms. The van der Waals surface area contributed by atoms with Gasteiger partial charge in [0, 0.05) is 44.1 Å². The number of allylic oxidation sites excluding steroid dienone is 1. The number of benzene rings is 1. The fourth-order valence-electron chi connectivity index (χ4n) is 7.52. The maximum absolute atomic E-state index is 14.6. The molecular weight excluding hydrogens is 815 g/mol. The van der Waals surface area contributed by atoms with E-state index in [4.69, 9.17) is 14.5 Å². The van der Waals surface area contributed by atoms with Crippen LogP contribution in [0.4, 0.5) is 4.79 Å². The summed E-state index contributed by atoms with van der Waals surface area (Å²) in [5.41, 5.74) is -1.08. The van der Waals surface area contributed by atoms with Gasteiger partial charge in [-0.2, -0.15) is 17.7 Å². The molecule has 60 heavy (non-hydrogen) atoms. The second-order valence-corrected chi connectivity index (χ2v) is 19.7. The van der Waals surface area contributed by atoms with Crippen LogP contribution in [0.2, 0.25) is 0 Å². The summed E-state index contributed by atoms with van der Waals surface area (Å²) in [6.07, 6.45) is 6.91. The zero-order valence-corrected chi connectivity index (χ0v) is 36.7. The summed E-state index contributed by atoms with van der Waals surface area (Å²) in [4.78, 5) is 79.8. The summed E-state index contributed by atoms with van der Waals surface area (Å²) in [6, 6.07) is 2.99. The Balaban J connectivity index is 1.33. The number of amides is 5. The molecular formula is C40H55N9O9S2. The van der Waals surface area contributed by atoms with Crippen molar-refractivity contribution < 1.29 is 41.9 Å². The first-order chi connectivity index (χ1) is 28.3. The van der Waals surface area contributed by atoms with Gasteiger partial charge in [0.05, 0.1) is 24.2 Å². The maximum atomic E-state index is 14.6. The number of aromatic nitrogens is 3. The third-order valence-electron chi connectivity index (χ3n) is 10.6. The number of nitrogens with zero attached hydrogens (tertiary/aromatic N) is 5. The highest BCUT2D eigenvalue weighted by molar-refractivity contribution is 7.87. The molecule has 1 aromatic carbocycles. The molecule has 0 bridgehead atoms. The van der Waals surface area contributed by atoms with Gasteiger partial charge >= 0.3 is 16.3 Å². The zero-order chi connectivity index (χ0) is 43.6. The molecule has 1 saturated heterocycles. The van der Waals surface area contributed by atoms with Crippen molar-refractivity contribution in [2.45, 2.75) is 121 Å².